The molecule has 0 saturated carbocycles. The van der Waals surface area contributed by atoms with Crippen molar-refractivity contribution in [3.8, 4) is 0 Å². The lowest BCUT2D eigenvalue weighted by atomic mass is 10.1. The van der Waals surface area contributed by atoms with Crippen molar-refractivity contribution in [3.63, 3.8) is 0 Å². The van der Waals surface area contributed by atoms with Gasteiger partial charge in [0.15, 0.2) is 0 Å². The molecule has 0 saturated heterocycles. The number of benzene rings is 1. The van der Waals surface area contributed by atoms with Crippen molar-refractivity contribution >= 4 is 27.5 Å². The van der Waals surface area contributed by atoms with Crippen molar-refractivity contribution < 1.29 is 4.79 Å². The highest BCUT2D eigenvalue weighted by molar-refractivity contribution is 7.18. The molecule has 3 rings (SSSR count). The zero-order valence-electron chi connectivity index (χ0n) is 11.8. The lowest BCUT2D eigenvalue weighted by Crippen LogP contribution is -2.27. The number of nitrogens with one attached hydrogen (secondary N) is 1. The number of pyridine rings is 1. The number of fused-ring (bicyclic) bond motifs is 1. The molecule has 2 heterocycles. The smallest absolute Gasteiger partial charge is 0.251 e. The number of rotatable bonds is 3. The topological polar surface area (TPSA) is 54.9 Å². The van der Waals surface area contributed by atoms with Crippen molar-refractivity contribution in [3.05, 3.63) is 58.9 Å². The molecule has 0 aliphatic carbocycles. The molecule has 3 aromatic rings. The fourth-order valence-corrected chi connectivity index (χ4v) is 3.03. The van der Waals surface area contributed by atoms with Gasteiger partial charge in [0, 0.05) is 11.8 Å². The molecule has 1 aromatic carbocycles. The highest BCUT2D eigenvalue weighted by Gasteiger charge is 2.13. The molecular formula is C16H15N3OS. The molecule has 5 heteroatoms. The number of thiazole rings is 1. The van der Waals surface area contributed by atoms with Gasteiger partial charge in [0.05, 0.1) is 27.0 Å². The van der Waals surface area contributed by atoms with Crippen LogP contribution in [0.15, 0.2) is 42.6 Å². The van der Waals surface area contributed by atoms with Crippen molar-refractivity contribution in [2.75, 3.05) is 0 Å². The standard InChI is InChI=1S/C16H15N3OS/c1-10(13-5-3-4-8-17-13)18-16(20)12-6-7-14-15(9-12)21-11(2)19-14/h3-10H,1-2H3,(H,18,20)/t10-/m1/s1. The van der Waals surface area contributed by atoms with E-state index >= 15 is 0 Å². The Morgan fingerprint density at radius 2 is 2.14 bits per heavy atom. The zero-order chi connectivity index (χ0) is 14.8. The first kappa shape index (κ1) is 13.7. The Kier molecular flexibility index (Phi) is 3.66. The summed E-state index contributed by atoms with van der Waals surface area (Å²) in [7, 11) is 0. The molecule has 0 bridgehead atoms. The van der Waals surface area contributed by atoms with Gasteiger partial charge in [0.25, 0.3) is 5.91 Å². The summed E-state index contributed by atoms with van der Waals surface area (Å²) in [6.45, 7) is 3.89. The van der Waals surface area contributed by atoms with E-state index in [1.165, 1.54) is 0 Å². The Labute approximate surface area is 126 Å². The minimum absolute atomic E-state index is 0.0962. The minimum atomic E-state index is -0.127. The van der Waals surface area contributed by atoms with Crippen LogP contribution in [0.3, 0.4) is 0 Å². The first-order valence-electron chi connectivity index (χ1n) is 6.72. The quantitative estimate of drug-likeness (QED) is 0.805. The highest BCUT2D eigenvalue weighted by atomic mass is 32.1. The molecule has 106 valence electrons. The Morgan fingerprint density at radius 1 is 1.29 bits per heavy atom. The van der Waals surface area contributed by atoms with Gasteiger partial charge in [-0.25, -0.2) is 4.98 Å². The molecule has 0 fully saturated rings. The average molecular weight is 297 g/mol. The predicted octanol–water partition coefficient (Wildman–Crippen LogP) is 3.49. The maximum absolute atomic E-state index is 12.3. The number of aryl methyl sites for hydroxylation is 1. The van der Waals surface area contributed by atoms with Crippen molar-refractivity contribution in [2.24, 2.45) is 0 Å². The third-order valence-electron chi connectivity index (χ3n) is 3.24. The third kappa shape index (κ3) is 2.92. The monoisotopic (exact) mass is 297 g/mol. The first-order chi connectivity index (χ1) is 10.1. The summed E-state index contributed by atoms with van der Waals surface area (Å²) in [5.74, 6) is -0.0962. The van der Waals surface area contributed by atoms with E-state index in [-0.39, 0.29) is 11.9 Å². The molecule has 0 radical (unpaired) electrons. The van der Waals surface area contributed by atoms with E-state index < -0.39 is 0 Å². The van der Waals surface area contributed by atoms with Gasteiger partial charge in [0.1, 0.15) is 0 Å². The van der Waals surface area contributed by atoms with Crippen LogP contribution in [0, 0.1) is 6.92 Å². The minimum Gasteiger partial charge on any atom is -0.344 e. The van der Waals surface area contributed by atoms with E-state index in [2.05, 4.69) is 15.3 Å². The van der Waals surface area contributed by atoms with Crippen LogP contribution in [0.4, 0.5) is 0 Å². The zero-order valence-corrected chi connectivity index (χ0v) is 12.6. The molecule has 2 aromatic heterocycles. The molecule has 4 nitrogen and oxygen atoms in total. The molecule has 0 aliphatic heterocycles. The number of nitrogens with zero attached hydrogens (tertiary/aromatic N) is 2. The largest absolute Gasteiger partial charge is 0.344 e. The van der Waals surface area contributed by atoms with Gasteiger partial charge in [-0.15, -0.1) is 11.3 Å². The number of carbonyl (C=O) groups excluding carboxylic acids is 1. The summed E-state index contributed by atoms with van der Waals surface area (Å²) < 4.78 is 1.03. The third-order valence-corrected chi connectivity index (χ3v) is 4.17. The van der Waals surface area contributed by atoms with Crippen LogP contribution < -0.4 is 5.32 Å². The van der Waals surface area contributed by atoms with E-state index in [9.17, 15) is 4.79 Å². The summed E-state index contributed by atoms with van der Waals surface area (Å²) in [5, 5.41) is 3.97. The van der Waals surface area contributed by atoms with Crippen LogP contribution in [0.2, 0.25) is 0 Å². The van der Waals surface area contributed by atoms with Gasteiger partial charge in [-0.1, -0.05) is 6.07 Å². The average Bonchev–Trinajstić information content (AvgIpc) is 2.87. The number of aromatic nitrogens is 2. The molecule has 0 aliphatic rings. The molecule has 1 amide bonds. The van der Waals surface area contributed by atoms with Crippen LogP contribution in [-0.2, 0) is 0 Å². The Hall–Kier alpha value is -2.27. The van der Waals surface area contributed by atoms with Crippen molar-refractivity contribution in [1.82, 2.24) is 15.3 Å². The second kappa shape index (κ2) is 5.61. The molecule has 0 spiro atoms. The Bertz CT molecular complexity index is 783. The van der Waals surface area contributed by atoms with Crippen LogP contribution in [0.1, 0.15) is 34.0 Å². The fraction of sp³-hybridized carbons (Fsp3) is 0.188. The summed E-state index contributed by atoms with van der Waals surface area (Å²) in [6, 6.07) is 11.1. The maximum atomic E-state index is 12.3. The van der Waals surface area contributed by atoms with Gasteiger partial charge in [-0.2, -0.15) is 0 Å². The van der Waals surface area contributed by atoms with E-state index in [0.717, 1.165) is 20.9 Å². The molecule has 21 heavy (non-hydrogen) atoms. The first-order valence-corrected chi connectivity index (χ1v) is 7.54. The Balaban J connectivity index is 1.80. The fourth-order valence-electron chi connectivity index (χ4n) is 2.17. The molecular weight excluding hydrogens is 282 g/mol. The van der Waals surface area contributed by atoms with Crippen LogP contribution in [0.25, 0.3) is 10.2 Å². The highest BCUT2D eigenvalue weighted by Crippen LogP contribution is 2.23. The predicted molar refractivity (Wildman–Crippen MR) is 84.5 cm³/mol. The van der Waals surface area contributed by atoms with Crippen LogP contribution in [0.5, 0.6) is 0 Å². The molecule has 1 atom stereocenters. The SMILES string of the molecule is Cc1nc2ccc(C(=O)N[C@H](C)c3ccccn3)cc2s1. The van der Waals surface area contributed by atoms with Gasteiger partial charge >= 0.3 is 0 Å². The van der Waals surface area contributed by atoms with E-state index in [0.29, 0.717) is 5.56 Å². The van der Waals surface area contributed by atoms with Gasteiger partial charge in [-0.05, 0) is 44.2 Å². The maximum Gasteiger partial charge on any atom is 0.251 e. The lowest BCUT2D eigenvalue weighted by molar-refractivity contribution is 0.0939. The lowest BCUT2D eigenvalue weighted by Gasteiger charge is -2.13. The number of amides is 1. The summed E-state index contributed by atoms with van der Waals surface area (Å²) in [5.41, 5.74) is 2.43. The summed E-state index contributed by atoms with van der Waals surface area (Å²) >= 11 is 1.60. The number of hydrogen-bond donors (Lipinski definition) is 1. The van der Waals surface area contributed by atoms with E-state index in [1.807, 2.05) is 50.2 Å². The van der Waals surface area contributed by atoms with E-state index in [4.69, 9.17) is 0 Å². The van der Waals surface area contributed by atoms with Gasteiger partial charge in [0.2, 0.25) is 0 Å². The van der Waals surface area contributed by atoms with Crippen molar-refractivity contribution in [1.29, 1.82) is 0 Å². The number of hydrogen-bond acceptors (Lipinski definition) is 4. The van der Waals surface area contributed by atoms with Crippen molar-refractivity contribution in [2.45, 2.75) is 19.9 Å². The molecule has 0 unspecified atom stereocenters. The Morgan fingerprint density at radius 3 is 2.90 bits per heavy atom. The molecule has 1 N–H and O–H groups in total. The second-order valence-electron chi connectivity index (χ2n) is 4.87. The second-order valence-corrected chi connectivity index (χ2v) is 6.10. The number of carbonyl (C=O) groups is 1. The van der Waals surface area contributed by atoms with Crippen LogP contribution in [-0.4, -0.2) is 15.9 Å². The van der Waals surface area contributed by atoms with Gasteiger partial charge in [-0.3, -0.25) is 9.78 Å². The van der Waals surface area contributed by atoms with Crippen LogP contribution >= 0.6 is 11.3 Å². The summed E-state index contributed by atoms with van der Waals surface area (Å²) in [6.07, 6.45) is 1.73. The van der Waals surface area contributed by atoms with E-state index in [1.54, 1.807) is 17.5 Å². The summed E-state index contributed by atoms with van der Waals surface area (Å²) in [4.78, 5) is 21.0. The van der Waals surface area contributed by atoms with Gasteiger partial charge < -0.3 is 5.32 Å². The normalized spacial score (nSPS) is 12.3.